The van der Waals surface area contributed by atoms with Gasteiger partial charge in [0.25, 0.3) is 0 Å². The van der Waals surface area contributed by atoms with Gasteiger partial charge in [0.15, 0.2) is 0 Å². The molecule has 1 aromatic carbocycles. The maximum absolute atomic E-state index is 9.86. The lowest BCUT2D eigenvalue weighted by atomic mass is 10.3. The normalized spacial score (nSPS) is 12.4. The van der Waals surface area contributed by atoms with Crippen LogP contribution in [-0.2, 0) is 9.47 Å². The van der Waals surface area contributed by atoms with E-state index in [2.05, 4.69) is 44.1 Å². The number of hydrogen-bond donors (Lipinski definition) is 2. The maximum atomic E-state index is 9.86. The predicted molar refractivity (Wildman–Crippen MR) is 92.9 cm³/mol. The van der Waals surface area contributed by atoms with Crippen LogP contribution in [0, 0.1) is 0 Å². The maximum Gasteiger partial charge on any atom is 0.0945 e. The Morgan fingerprint density at radius 2 is 1.95 bits per heavy atom. The first kappa shape index (κ1) is 18.9. The van der Waals surface area contributed by atoms with Gasteiger partial charge in [-0.1, -0.05) is 29.3 Å². The molecule has 6 heteroatoms. The molecular formula is C15H23Br2NO3. The van der Waals surface area contributed by atoms with E-state index in [1.54, 1.807) is 0 Å². The summed E-state index contributed by atoms with van der Waals surface area (Å²) in [7, 11) is 0. The first-order chi connectivity index (χ1) is 10.1. The summed E-state index contributed by atoms with van der Waals surface area (Å²) in [5.41, 5.74) is 0.936. The number of ether oxygens (including phenoxy) is 2. The van der Waals surface area contributed by atoms with Crippen molar-refractivity contribution in [2.75, 3.05) is 38.3 Å². The lowest BCUT2D eigenvalue weighted by Gasteiger charge is -2.14. The second-order valence-corrected chi connectivity index (χ2v) is 6.47. The Bertz CT molecular complexity index is 405. The van der Waals surface area contributed by atoms with Crippen molar-refractivity contribution in [1.29, 1.82) is 0 Å². The Balaban J connectivity index is 2.11. The lowest BCUT2D eigenvalue weighted by Crippen LogP contribution is -2.25. The van der Waals surface area contributed by atoms with Gasteiger partial charge in [0.2, 0.25) is 0 Å². The molecule has 0 bridgehead atoms. The number of aliphatic hydroxyl groups excluding tert-OH is 1. The molecule has 0 heterocycles. The number of rotatable bonds is 11. The molecule has 0 aliphatic heterocycles. The van der Waals surface area contributed by atoms with Gasteiger partial charge in [0, 0.05) is 27.8 Å². The Hall–Kier alpha value is -0.140. The zero-order chi connectivity index (χ0) is 15.5. The van der Waals surface area contributed by atoms with Crippen LogP contribution in [-0.4, -0.2) is 44.2 Å². The fraction of sp³-hybridized carbons (Fsp3) is 0.600. The second-order valence-electron chi connectivity index (χ2n) is 4.70. The van der Waals surface area contributed by atoms with Gasteiger partial charge < -0.3 is 19.9 Å². The highest BCUT2D eigenvalue weighted by Gasteiger charge is 2.06. The van der Waals surface area contributed by atoms with E-state index in [1.807, 2.05) is 18.2 Å². The second kappa shape index (κ2) is 11.4. The first-order valence-electron chi connectivity index (χ1n) is 7.16. The summed E-state index contributed by atoms with van der Waals surface area (Å²) in [6, 6.07) is 5.86. The van der Waals surface area contributed by atoms with Crippen LogP contribution in [0.4, 0.5) is 5.69 Å². The zero-order valence-electron chi connectivity index (χ0n) is 12.3. The summed E-state index contributed by atoms with van der Waals surface area (Å²) in [6.45, 7) is 4.74. The predicted octanol–water partition coefficient (Wildman–Crippen LogP) is 3.82. The van der Waals surface area contributed by atoms with E-state index in [-0.39, 0.29) is 0 Å². The third kappa shape index (κ3) is 8.78. The summed E-state index contributed by atoms with van der Waals surface area (Å²) in [5, 5.41) is 13.0. The summed E-state index contributed by atoms with van der Waals surface area (Å²) in [4.78, 5) is 0. The number of nitrogens with one attached hydrogen (secondary N) is 1. The van der Waals surface area contributed by atoms with E-state index in [9.17, 15) is 5.11 Å². The van der Waals surface area contributed by atoms with Crippen molar-refractivity contribution in [2.24, 2.45) is 0 Å². The van der Waals surface area contributed by atoms with E-state index >= 15 is 0 Å². The summed E-state index contributed by atoms with van der Waals surface area (Å²) >= 11 is 6.88. The van der Waals surface area contributed by atoms with E-state index in [1.165, 1.54) is 0 Å². The van der Waals surface area contributed by atoms with Crippen molar-refractivity contribution in [3.8, 4) is 0 Å². The molecule has 1 unspecified atom stereocenters. The molecule has 0 aliphatic rings. The van der Waals surface area contributed by atoms with E-state index in [0.717, 1.165) is 34.1 Å². The molecule has 1 rings (SSSR count). The van der Waals surface area contributed by atoms with Gasteiger partial charge in [-0.05, 0) is 40.5 Å². The average molecular weight is 425 g/mol. The molecule has 120 valence electrons. The minimum Gasteiger partial charge on any atom is -0.389 e. The van der Waals surface area contributed by atoms with Crippen molar-refractivity contribution in [1.82, 2.24) is 0 Å². The van der Waals surface area contributed by atoms with E-state index < -0.39 is 6.10 Å². The Morgan fingerprint density at radius 3 is 2.71 bits per heavy atom. The molecule has 0 saturated carbocycles. The molecule has 0 fully saturated rings. The number of benzene rings is 1. The molecule has 1 atom stereocenters. The fourth-order valence-electron chi connectivity index (χ4n) is 1.61. The molecule has 1 aromatic rings. The molecule has 0 spiro atoms. The largest absolute Gasteiger partial charge is 0.389 e. The van der Waals surface area contributed by atoms with Gasteiger partial charge >= 0.3 is 0 Å². The summed E-state index contributed by atoms with van der Waals surface area (Å²) < 4.78 is 12.7. The van der Waals surface area contributed by atoms with Crippen LogP contribution in [0.1, 0.15) is 19.8 Å². The van der Waals surface area contributed by atoms with Crippen LogP contribution in [0.2, 0.25) is 0 Å². The highest BCUT2D eigenvalue weighted by Crippen LogP contribution is 2.25. The minimum absolute atomic E-state index is 0.301. The quantitative estimate of drug-likeness (QED) is 0.530. The molecule has 0 aromatic heterocycles. The van der Waals surface area contributed by atoms with Gasteiger partial charge in [-0.15, -0.1) is 0 Å². The third-order valence-corrected chi connectivity index (χ3v) is 3.97. The fourth-order valence-corrected chi connectivity index (χ4v) is 2.35. The van der Waals surface area contributed by atoms with Gasteiger partial charge in [-0.2, -0.15) is 0 Å². The molecule has 0 aliphatic carbocycles. The molecule has 0 radical (unpaired) electrons. The van der Waals surface area contributed by atoms with Crippen LogP contribution in [0.5, 0.6) is 0 Å². The average Bonchev–Trinajstić information content (AvgIpc) is 2.47. The van der Waals surface area contributed by atoms with Crippen LogP contribution >= 0.6 is 31.9 Å². The molecule has 0 amide bonds. The van der Waals surface area contributed by atoms with Crippen molar-refractivity contribution < 1.29 is 14.6 Å². The van der Waals surface area contributed by atoms with Gasteiger partial charge in [0.05, 0.1) is 25.9 Å². The van der Waals surface area contributed by atoms with Crippen molar-refractivity contribution in [3.63, 3.8) is 0 Å². The monoisotopic (exact) mass is 423 g/mol. The summed E-state index contributed by atoms with van der Waals surface area (Å²) in [6.07, 6.45) is 1.66. The van der Waals surface area contributed by atoms with Crippen molar-refractivity contribution in [3.05, 3.63) is 27.1 Å². The number of aliphatic hydroxyl groups is 1. The molecular weight excluding hydrogens is 402 g/mol. The Kier molecular flexibility index (Phi) is 10.3. The zero-order valence-corrected chi connectivity index (χ0v) is 15.5. The van der Waals surface area contributed by atoms with Gasteiger partial charge in [-0.25, -0.2) is 0 Å². The van der Waals surface area contributed by atoms with Crippen LogP contribution < -0.4 is 5.32 Å². The van der Waals surface area contributed by atoms with Crippen LogP contribution in [0.15, 0.2) is 27.1 Å². The number of anilines is 1. The lowest BCUT2D eigenvalue weighted by molar-refractivity contribution is 0.00749. The smallest absolute Gasteiger partial charge is 0.0945 e. The number of halogens is 2. The SMILES string of the molecule is CCCCOCCOCC(O)CNc1cc(Br)ccc1Br. The topological polar surface area (TPSA) is 50.7 Å². The third-order valence-electron chi connectivity index (χ3n) is 2.78. The van der Waals surface area contributed by atoms with E-state index in [0.29, 0.717) is 26.4 Å². The minimum atomic E-state index is -0.550. The highest BCUT2D eigenvalue weighted by molar-refractivity contribution is 9.11. The Labute approximate surface area is 143 Å². The Morgan fingerprint density at radius 1 is 1.19 bits per heavy atom. The van der Waals surface area contributed by atoms with Crippen molar-refractivity contribution >= 4 is 37.5 Å². The molecule has 0 saturated heterocycles. The van der Waals surface area contributed by atoms with Crippen molar-refractivity contribution in [2.45, 2.75) is 25.9 Å². The van der Waals surface area contributed by atoms with Crippen LogP contribution in [0.25, 0.3) is 0 Å². The van der Waals surface area contributed by atoms with E-state index in [4.69, 9.17) is 9.47 Å². The number of hydrogen-bond acceptors (Lipinski definition) is 4. The van der Waals surface area contributed by atoms with Gasteiger partial charge in [-0.3, -0.25) is 0 Å². The molecule has 4 nitrogen and oxygen atoms in total. The number of unbranched alkanes of at least 4 members (excludes halogenated alkanes) is 1. The first-order valence-corrected chi connectivity index (χ1v) is 8.74. The van der Waals surface area contributed by atoms with Crippen LogP contribution in [0.3, 0.4) is 0 Å². The summed E-state index contributed by atoms with van der Waals surface area (Å²) in [5.74, 6) is 0. The molecule has 2 N–H and O–H groups in total. The molecule has 21 heavy (non-hydrogen) atoms. The standard InChI is InChI=1S/C15H23Br2NO3/c1-2-3-6-20-7-8-21-11-13(19)10-18-15-9-12(16)4-5-14(15)17/h4-5,9,13,18-19H,2-3,6-8,10-11H2,1H3. The highest BCUT2D eigenvalue weighted by atomic mass is 79.9. The van der Waals surface area contributed by atoms with Gasteiger partial charge in [0.1, 0.15) is 0 Å².